The van der Waals surface area contributed by atoms with E-state index in [1.165, 1.54) is 29.3 Å². The fourth-order valence-corrected chi connectivity index (χ4v) is 2.95. The first-order chi connectivity index (χ1) is 10.9. The maximum absolute atomic E-state index is 12.2. The second-order valence-electron chi connectivity index (χ2n) is 5.59. The maximum atomic E-state index is 12.2. The van der Waals surface area contributed by atoms with Crippen LogP contribution in [-0.2, 0) is 20.9 Å². The molecule has 7 nitrogen and oxygen atoms in total. The molecule has 0 aliphatic heterocycles. The van der Waals surface area contributed by atoms with Crippen LogP contribution in [-0.4, -0.2) is 34.6 Å². The van der Waals surface area contributed by atoms with E-state index in [1.54, 1.807) is 11.4 Å². The minimum Gasteiger partial charge on any atom is -0.467 e. The van der Waals surface area contributed by atoms with Gasteiger partial charge in [0.1, 0.15) is 17.4 Å². The molecule has 0 bridgehead atoms. The van der Waals surface area contributed by atoms with Crippen LogP contribution in [0.3, 0.4) is 0 Å². The molecule has 2 aromatic rings. The van der Waals surface area contributed by atoms with E-state index in [4.69, 9.17) is 4.74 Å². The minimum absolute atomic E-state index is 0.191. The molecule has 0 aromatic carbocycles. The molecule has 0 spiro atoms. The quantitative estimate of drug-likeness (QED) is 0.799. The Morgan fingerprint density at radius 2 is 2.17 bits per heavy atom. The summed E-state index contributed by atoms with van der Waals surface area (Å²) in [5.41, 5.74) is -0.273. The van der Waals surface area contributed by atoms with Crippen molar-refractivity contribution in [2.75, 3.05) is 7.11 Å². The lowest BCUT2D eigenvalue weighted by molar-refractivity contribution is -0.145. The van der Waals surface area contributed by atoms with Crippen molar-refractivity contribution in [3.8, 4) is 0 Å². The third-order valence-corrected chi connectivity index (χ3v) is 4.11. The van der Waals surface area contributed by atoms with Gasteiger partial charge >= 0.3 is 5.97 Å². The number of rotatable bonds is 6. The van der Waals surface area contributed by atoms with Crippen molar-refractivity contribution >= 4 is 33.4 Å². The molecule has 124 valence electrons. The van der Waals surface area contributed by atoms with Gasteiger partial charge in [0.2, 0.25) is 5.91 Å². The third kappa shape index (κ3) is 4.16. The topological polar surface area (TPSA) is 90.3 Å². The molecule has 8 heteroatoms. The van der Waals surface area contributed by atoms with Gasteiger partial charge in [-0.15, -0.1) is 11.3 Å². The summed E-state index contributed by atoms with van der Waals surface area (Å²) < 4.78 is 5.93. The third-order valence-electron chi connectivity index (χ3n) is 3.29. The molecule has 2 heterocycles. The van der Waals surface area contributed by atoms with Crippen LogP contribution in [0.25, 0.3) is 10.2 Å². The van der Waals surface area contributed by atoms with Gasteiger partial charge in [-0.25, -0.2) is 9.78 Å². The Bertz CT molecular complexity index is 765. The molecule has 1 amide bonds. The van der Waals surface area contributed by atoms with Crippen molar-refractivity contribution < 1.29 is 14.3 Å². The molecule has 1 N–H and O–H groups in total. The SMILES string of the molecule is COC(=O)[C@H](CC(C)C)NC(=O)Cn1cnc2sccc2c1=O. The first-order valence-electron chi connectivity index (χ1n) is 7.22. The molecule has 0 saturated carbocycles. The molecule has 1 atom stereocenters. The van der Waals surface area contributed by atoms with Gasteiger partial charge in [-0.05, 0) is 23.8 Å². The second-order valence-corrected chi connectivity index (χ2v) is 6.48. The number of carbonyl (C=O) groups is 2. The Labute approximate surface area is 137 Å². The Morgan fingerprint density at radius 3 is 2.83 bits per heavy atom. The van der Waals surface area contributed by atoms with Crippen LogP contribution in [0, 0.1) is 5.92 Å². The lowest BCUT2D eigenvalue weighted by Crippen LogP contribution is -2.44. The summed E-state index contributed by atoms with van der Waals surface area (Å²) in [6.07, 6.45) is 1.81. The molecule has 23 heavy (non-hydrogen) atoms. The fraction of sp³-hybridized carbons (Fsp3) is 0.467. The van der Waals surface area contributed by atoms with Crippen LogP contribution >= 0.6 is 11.3 Å². The van der Waals surface area contributed by atoms with Gasteiger partial charge in [0.15, 0.2) is 0 Å². The minimum atomic E-state index is -0.721. The number of thiophene rings is 1. The zero-order valence-electron chi connectivity index (χ0n) is 13.2. The molecule has 0 aliphatic rings. The van der Waals surface area contributed by atoms with Crippen LogP contribution < -0.4 is 10.9 Å². The summed E-state index contributed by atoms with van der Waals surface area (Å²) >= 11 is 1.37. The summed E-state index contributed by atoms with van der Waals surface area (Å²) in [6.45, 7) is 3.70. The van der Waals surface area contributed by atoms with Crippen molar-refractivity contribution in [3.05, 3.63) is 28.1 Å². The van der Waals surface area contributed by atoms with E-state index in [-0.39, 0.29) is 18.0 Å². The van der Waals surface area contributed by atoms with Gasteiger partial charge in [0.25, 0.3) is 5.56 Å². The lowest BCUT2D eigenvalue weighted by atomic mass is 10.0. The monoisotopic (exact) mass is 337 g/mol. The standard InChI is InChI=1S/C15H19N3O4S/c1-9(2)6-11(15(21)22-3)17-12(19)7-18-8-16-13-10(14(18)20)4-5-23-13/h4-5,8-9,11H,6-7H2,1-3H3,(H,17,19)/t11-/m0/s1. The van der Waals surface area contributed by atoms with E-state index in [0.717, 1.165) is 0 Å². The highest BCUT2D eigenvalue weighted by molar-refractivity contribution is 7.16. The number of esters is 1. The lowest BCUT2D eigenvalue weighted by Gasteiger charge is -2.18. The Balaban J connectivity index is 2.11. The van der Waals surface area contributed by atoms with Gasteiger partial charge in [-0.3, -0.25) is 14.2 Å². The number of nitrogens with one attached hydrogen (secondary N) is 1. The summed E-state index contributed by atoms with van der Waals surface area (Å²) in [6, 6.07) is 0.959. The highest BCUT2D eigenvalue weighted by Gasteiger charge is 2.22. The number of carbonyl (C=O) groups excluding carboxylic acids is 2. The number of hydrogen-bond donors (Lipinski definition) is 1. The largest absolute Gasteiger partial charge is 0.467 e. The molecule has 0 radical (unpaired) electrons. The van der Waals surface area contributed by atoms with Crippen molar-refractivity contribution in [1.82, 2.24) is 14.9 Å². The summed E-state index contributed by atoms with van der Waals surface area (Å²) in [7, 11) is 1.28. The first kappa shape index (κ1) is 17.1. The number of ether oxygens (including phenoxy) is 1. The van der Waals surface area contributed by atoms with Crippen molar-refractivity contribution in [3.63, 3.8) is 0 Å². The molecular formula is C15H19N3O4S. The predicted octanol–water partition coefficient (Wildman–Crippen LogP) is 1.16. The smallest absolute Gasteiger partial charge is 0.328 e. The van der Waals surface area contributed by atoms with Crippen LogP contribution in [0.5, 0.6) is 0 Å². The first-order valence-corrected chi connectivity index (χ1v) is 8.10. The zero-order chi connectivity index (χ0) is 17.0. The van der Waals surface area contributed by atoms with E-state index in [0.29, 0.717) is 16.6 Å². The normalized spacial score (nSPS) is 12.3. The number of aromatic nitrogens is 2. The molecule has 2 rings (SSSR count). The highest BCUT2D eigenvalue weighted by Crippen LogP contribution is 2.13. The zero-order valence-corrected chi connectivity index (χ0v) is 14.1. The van der Waals surface area contributed by atoms with Gasteiger partial charge in [0, 0.05) is 0 Å². The molecule has 0 aliphatic carbocycles. The van der Waals surface area contributed by atoms with E-state index in [1.807, 2.05) is 13.8 Å². The summed E-state index contributed by atoms with van der Waals surface area (Å²) in [5.74, 6) is -0.712. The Kier molecular flexibility index (Phi) is 5.49. The van der Waals surface area contributed by atoms with Crippen LogP contribution in [0.4, 0.5) is 0 Å². The molecule has 0 fully saturated rings. The number of amides is 1. The molecular weight excluding hydrogens is 318 g/mol. The molecule has 0 saturated heterocycles. The van der Waals surface area contributed by atoms with Crippen molar-refractivity contribution in [2.24, 2.45) is 5.92 Å². The Morgan fingerprint density at radius 1 is 1.43 bits per heavy atom. The van der Waals surface area contributed by atoms with Crippen LogP contribution in [0.15, 0.2) is 22.6 Å². The number of methoxy groups -OCH3 is 1. The Hall–Kier alpha value is -2.22. The van der Waals surface area contributed by atoms with Crippen molar-refractivity contribution in [2.45, 2.75) is 32.9 Å². The van der Waals surface area contributed by atoms with Crippen LogP contribution in [0.1, 0.15) is 20.3 Å². The predicted molar refractivity (Wildman–Crippen MR) is 87.3 cm³/mol. The van der Waals surface area contributed by atoms with Gasteiger partial charge in [-0.2, -0.15) is 0 Å². The van der Waals surface area contributed by atoms with Crippen LogP contribution in [0.2, 0.25) is 0 Å². The maximum Gasteiger partial charge on any atom is 0.328 e. The number of nitrogens with zero attached hydrogens (tertiary/aromatic N) is 2. The van der Waals surface area contributed by atoms with E-state index in [9.17, 15) is 14.4 Å². The van der Waals surface area contributed by atoms with Gasteiger partial charge in [-0.1, -0.05) is 13.8 Å². The number of fused-ring (bicyclic) bond motifs is 1. The summed E-state index contributed by atoms with van der Waals surface area (Å²) in [4.78, 5) is 40.9. The average Bonchev–Trinajstić information content (AvgIpc) is 2.97. The van der Waals surface area contributed by atoms with E-state index < -0.39 is 17.9 Å². The average molecular weight is 337 g/mol. The van der Waals surface area contributed by atoms with Gasteiger partial charge < -0.3 is 10.1 Å². The highest BCUT2D eigenvalue weighted by atomic mass is 32.1. The van der Waals surface area contributed by atoms with E-state index in [2.05, 4.69) is 10.3 Å². The van der Waals surface area contributed by atoms with E-state index >= 15 is 0 Å². The second kappa shape index (κ2) is 7.36. The summed E-state index contributed by atoms with van der Waals surface area (Å²) in [5, 5.41) is 4.88. The van der Waals surface area contributed by atoms with Gasteiger partial charge in [0.05, 0.1) is 18.8 Å². The number of hydrogen-bond acceptors (Lipinski definition) is 6. The fourth-order valence-electron chi connectivity index (χ4n) is 2.23. The molecule has 0 unspecified atom stereocenters. The molecule has 2 aromatic heterocycles. The van der Waals surface area contributed by atoms with Crippen molar-refractivity contribution in [1.29, 1.82) is 0 Å².